The fourth-order valence-electron chi connectivity index (χ4n) is 5.33. The number of nitrogens with zero attached hydrogens (tertiary/aromatic N) is 3. The van der Waals surface area contributed by atoms with Crippen molar-refractivity contribution in [3.05, 3.63) is 29.8 Å². The number of carbonyl (C=O) groups is 2. The summed E-state index contributed by atoms with van der Waals surface area (Å²) in [5, 5.41) is 0. The van der Waals surface area contributed by atoms with Crippen molar-refractivity contribution < 1.29 is 19.1 Å². The number of urea groups is 1. The molecule has 0 unspecified atom stereocenters. The van der Waals surface area contributed by atoms with Gasteiger partial charge in [-0.15, -0.1) is 0 Å². The Labute approximate surface area is 185 Å². The third-order valence-corrected chi connectivity index (χ3v) is 7.20. The Morgan fingerprint density at radius 1 is 1.10 bits per heavy atom. The number of likely N-dealkylation sites (tertiary alicyclic amines) is 1. The number of amides is 3. The summed E-state index contributed by atoms with van der Waals surface area (Å²) >= 11 is 0. The molecular weight excluding hydrogens is 394 g/mol. The Kier molecular flexibility index (Phi) is 6.53. The minimum absolute atomic E-state index is 0.00569. The van der Waals surface area contributed by atoms with Gasteiger partial charge in [-0.05, 0) is 63.6 Å². The van der Waals surface area contributed by atoms with Gasteiger partial charge < -0.3 is 19.3 Å². The zero-order chi connectivity index (χ0) is 22.0. The number of carbonyl (C=O) groups excluding carboxylic acids is 2. The van der Waals surface area contributed by atoms with E-state index in [9.17, 15) is 9.59 Å². The fourth-order valence-corrected chi connectivity index (χ4v) is 5.33. The van der Waals surface area contributed by atoms with E-state index in [0.717, 1.165) is 56.9 Å². The van der Waals surface area contributed by atoms with E-state index < -0.39 is 5.54 Å². The van der Waals surface area contributed by atoms with Crippen LogP contribution in [0, 0.1) is 0 Å². The van der Waals surface area contributed by atoms with E-state index in [2.05, 4.69) is 4.90 Å². The molecule has 3 aliphatic heterocycles. The van der Waals surface area contributed by atoms with Crippen molar-refractivity contribution in [2.24, 2.45) is 0 Å². The number of methoxy groups -OCH3 is 1. The van der Waals surface area contributed by atoms with Crippen LogP contribution in [0.1, 0.15) is 45.1 Å². The molecule has 1 aromatic carbocycles. The summed E-state index contributed by atoms with van der Waals surface area (Å²) in [5.74, 6) is 0.813. The molecule has 0 radical (unpaired) electrons. The molecule has 3 heterocycles. The highest BCUT2D eigenvalue weighted by atomic mass is 16.5. The second-order valence-electron chi connectivity index (χ2n) is 9.21. The highest BCUT2D eigenvalue weighted by Crippen LogP contribution is 2.39. The van der Waals surface area contributed by atoms with Crippen molar-refractivity contribution in [2.45, 2.75) is 63.6 Å². The lowest BCUT2D eigenvalue weighted by Crippen LogP contribution is -2.58. The van der Waals surface area contributed by atoms with Crippen molar-refractivity contribution in [3.8, 4) is 5.75 Å². The molecule has 0 aromatic heterocycles. The number of hydrogen-bond donors (Lipinski definition) is 0. The molecule has 4 rings (SSSR count). The van der Waals surface area contributed by atoms with Crippen LogP contribution in [0.15, 0.2) is 24.3 Å². The van der Waals surface area contributed by atoms with Gasteiger partial charge >= 0.3 is 6.03 Å². The molecule has 31 heavy (non-hydrogen) atoms. The van der Waals surface area contributed by atoms with Gasteiger partial charge in [0.15, 0.2) is 0 Å². The Bertz CT molecular complexity index is 781. The zero-order valence-corrected chi connectivity index (χ0v) is 19.0. The predicted molar refractivity (Wildman–Crippen MR) is 118 cm³/mol. The molecule has 0 N–H and O–H groups in total. The van der Waals surface area contributed by atoms with Gasteiger partial charge in [0.1, 0.15) is 11.3 Å². The smallest absolute Gasteiger partial charge is 0.327 e. The highest BCUT2D eigenvalue weighted by Gasteiger charge is 2.58. The second kappa shape index (κ2) is 9.17. The molecule has 0 saturated carbocycles. The molecule has 1 spiro atoms. The van der Waals surface area contributed by atoms with Gasteiger partial charge in [-0.25, -0.2) is 4.79 Å². The lowest BCUT2D eigenvalue weighted by Gasteiger charge is -2.45. The molecule has 7 heteroatoms. The first kappa shape index (κ1) is 22.1. The van der Waals surface area contributed by atoms with E-state index in [1.807, 2.05) is 43.0 Å². The summed E-state index contributed by atoms with van der Waals surface area (Å²) in [6.45, 7) is 7.75. The van der Waals surface area contributed by atoms with Gasteiger partial charge in [-0.1, -0.05) is 12.1 Å². The van der Waals surface area contributed by atoms with Crippen molar-refractivity contribution >= 4 is 11.9 Å². The number of hydrogen-bond acceptors (Lipinski definition) is 5. The van der Waals surface area contributed by atoms with E-state index in [1.165, 1.54) is 4.90 Å². The summed E-state index contributed by atoms with van der Waals surface area (Å²) < 4.78 is 10.8. The zero-order valence-electron chi connectivity index (χ0n) is 19.0. The number of ether oxygens (including phenoxy) is 2. The lowest BCUT2D eigenvalue weighted by atomic mass is 9.84. The van der Waals surface area contributed by atoms with Crippen LogP contribution in [-0.2, 0) is 16.0 Å². The Morgan fingerprint density at radius 3 is 2.32 bits per heavy atom. The Morgan fingerprint density at radius 2 is 1.74 bits per heavy atom. The topological polar surface area (TPSA) is 62.3 Å². The molecule has 3 saturated heterocycles. The summed E-state index contributed by atoms with van der Waals surface area (Å²) in [6.07, 6.45) is 4.25. The molecule has 3 aliphatic rings. The fraction of sp³-hybridized carbons (Fsp3) is 0.667. The molecule has 1 aromatic rings. The van der Waals surface area contributed by atoms with Crippen LogP contribution < -0.4 is 4.74 Å². The molecule has 0 bridgehead atoms. The third kappa shape index (κ3) is 4.17. The standard InChI is InChI=1S/C24H35N3O4/c1-18(2)27-22(28)24(11-14-25(15-12-24)20-9-16-31-17-10-20)26(23(27)29)13-8-19-4-6-21(30-3)7-5-19/h4-7,18,20H,8-17H2,1-3H3. The van der Waals surface area contributed by atoms with Crippen LogP contribution in [0.5, 0.6) is 5.75 Å². The molecule has 3 fully saturated rings. The van der Waals surface area contributed by atoms with Gasteiger partial charge in [-0.2, -0.15) is 0 Å². The number of imide groups is 1. The largest absolute Gasteiger partial charge is 0.497 e. The lowest BCUT2D eigenvalue weighted by molar-refractivity contribution is -0.137. The number of rotatable bonds is 6. The summed E-state index contributed by atoms with van der Waals surface area (Å²) in [5.41, 5.74) is 0.439. The Balaban J connectivity index is 1.50. The van der Waals surface area contributed by atoms with Gasteiger partial charge in [-0.3, -0.25) is 9.69 Å². The van der Waals surface area contributed by atoms with Crippen LogP contribution >= 0.6 is 0 Å². The van der Waals surface area contributed by atoms with Crippen molar-refractivity contribution in [1.82, 2.24) is 14.7 Å². The molecule has 3 amide bonds. The van der Waals surface area contributed by atoms with Gasteiger partial charge in [0, 0.05) is 44.9 Å². The molecule has 7 nitrogen and oxygen atoms in total. The average molecular weight is 430 g/mol. The first-order valence-corrected chi connectivity index (χ1v) is 11.6. The van der Waals surface area contributed by atoms with Gasteiger partial charge in [0.25, 0.3) is 5.91 Å². The molecule has 0 atom stereocenters. The van der Waals surface area contributed by atoms with Crippen LogP contribution in [0.2, 0.25) is 0 Å². The van der Waals surface area contributed by atoms with Crippen molar-refractivity contribution in [2.75, 3.05) is 40.0 Å². The van der Waals surface area contributed by atoms with Crippen molar-refractivity contribution in [3.63, 3.8) is 0 Å². The van der Waals surface area contributed by atoms with Crippen LogP contribution in [-0.4, -0.2) is 84.2 Å². The third-order valence-electron chi connectivity index (χ3n) is 7.20. The summed E-state index contributed by atoms with van der Waals surface area (Å²) in [6, 6.07) is 8.21. The molecule has 0 aliphatic carbocycles. The van der Waals surface area contributed by atoms with Crippen LogP contribution in [0.3, 0.4) is 0 Å². The maximum Gasteiger partial charge on any atom is 0.327 e. The number of piperidine rings is 1. The number of benzene rings is 1. The maximum absolute atomic E-state index is 13.5. The van der Waals surface area contributed by atoms with Crippen LogP contribution in [0.25, 0.3) is 0 Å². The van der Waals surface area contributed by atoms with E-state index in [-0.39, 0.29) is 18.0 Å². The van der Waals surface area contributed by atoms with E-state index in [1.54, 1.807) is 7.11 Å². The predicted octanol–water partition coefficient (Wildman–Crippen LogP) is 2.92. The SMILES string of the molecule is COc1ccc(CCN2C(=O)N(C(C)C)C(=O)C23CCN(C2CCOCC2)CC3)cc1. The summed E-state index contributed by atoms with van der Waals surface area (Å²) in [4.78, 5) is 32.7. The minimum Gasteiger partial charge on any atom is -0.497 e. The van der Waals surface area contributed by atoms with E-state index >= 15 is 0 Å². The molecule has 170 valence electrons. The molecular formula is C24H35N3O4. The quantitative estimate of drug-likeness (QED) is 0.651. The average Bonchev–Trinajstić information content (AvgIpc) is 2.99. The Hall–Kier alpha value is -2.12. The highest BCUT2D eigenvalue weighted by molar-refractivity contribution is 6.07. The normalized spacial score (nSPS) is 22.7. The van der Waals surface area contributed by atoms with Gasteiger partial charge in [0.2, 0.25) is 0 Å². The minimum atomic E-state index is -0.699. The van der Waals surface area contributed by atoms with Gasteiger partial charge in [0.05, 0.1) is 7.11 Å². The van der Waals surface area contributed by atoms with Crippen LogP contribution in [0.4, 0.5) is 4.79 Å². The second-order valence-corrected chi connectivity index (χ2v) is 9.21. The first-order chi connectivity index (χ1) is 15.0. The maximum atomic E-state index is 13.5. The van der Waals surface area contributed by atoms with Crippen molar-refractivity contribution in [1.29, 1.82) is 0 Å². The van der Waals surface area contributed by atoms with E-state index in [0.29, 0.717) is 25.4 Å². The first-order valence-electron chi connectivity index (χ1n) is 11.6. The van der Waals surface area contributed by atoms with E-state index in [4.69, 9.17) is 9.47 Å². The monoisotopic (exact) mass is 429 g/mol. The summed E-state index contributed by atoms with van der Waals surface area (Å²) in [7, 11) is 1.65.